The molecule has 1 aromatic carbocycles. The molecule has 2 N–H and O–H groups in total. The molecule has 2 rings (SSSR count). The lowest BCUT2D eigenvalue weighted by Gasteiger charge is -2.35. The number of hydrogen-bond donors (Lipinski definition) is 1. The van der Waals surface area contributed by atoms with Crippen LogP contribution in [0.3, 0.4) is 0 Å². The van der Waals surface area contributed by atoms with E-state index >= 15 is 0 Å². The van der Waals surface area contributed by atoms with Crippen LogP contribution in [0.5, 0.6) is 5.75 Å². The minimum absolute atomic E-state index is 0. The van der Waals surface area contributed by atoms with Gasteiger partial charge in [-0.3, -0.25) is 4.90 Å². The maximum absolute atomic E-state index is 6.08. The van der Waals surface area contributed by atoms with Crippen LogP contribution in [0.1, 0.15) is 31.4 Å². The third kappa shape index (κ3) is 4.11. The lowest BCUT2D eigenvalue weighted by atomic mass is 9.94. The Balaban J connectivity index is 0.00000200. The standard InChI is InChI=1S/C16H26N2O.ClH/c1-4-13-9-15(19-3)6-5-14(13)11-18-8-7-16(17)12(2)10-18;/h5-6,9,12,16H,4,7-8,10-11,17H2,1-3H3;1H. The summed E-state index contributed by atoms with van der Waals surface area (Å²) in [5.74, 6) is 1.55. The largest absolute Gasteiger partial charge is 0.497 e. The Labute approximate surface area is 128 Å². The van der Waals surface area contributed by atoms with Crippen molar-refractivity contribution in [3.8, 4) is 5.75 Å². The van der Waals surface area contributed by atoms with Crippen LogP contribution in [0.2, 0.25) is 0 Å². The van der Waals surface area contributed by atoms with E-state index in [1.807, 2.05) is 0 Å². The molecule has 20 heavy (non-hydrogen) atoms. The van der Waals surface area contributed by atoms with Crippen LogP contribution < -0.4 is 10.5 Å². The first kappa shape index (κ1) is 17.3. The number of piperidine rings is 1. The summed E-state index contributed by atoms with van der Waals surface area (Å²) >= 11 is 0. The van der Waals surface area contributed by atoms with Gasteiger partial charge in [-0.1, -0.05) is 19.9 Å². The SMILES string of the molecule is CCc1cc(OC)ccc1CN1CCC(N)C(C)C1.Cl. The zero-order valence-electron chi connectivity index (χ0n) is 12.8. The Bertz CT molecular complexity index is 425. The molecule has 0 radical (unpaired) electrons. The number of likely N-dealkylation sites (tertiary alicyclic amines) is 1. The van der Waals surface area contributed by atoms with E-state index in [1.165, 1.54) is 11.1 Å². The highest BCUT2D eigenvalue weighted by atomic mass is 35.5. The van der Waals surface area contributed by atoms with Gasteiger partial charge in [0.1, 0.15) is 5.75 Å². The van der Waals surface area contributed by atoms with Gasteiger partial charge in [0, 0.05) is 19.1 Å². The van der Waals surface area contributed by atoms with Gasteiger partial charge in [-0.2, -0.15) is 0 Å². The molecular formula is C16H27ClN2O. The van der Waals surface area contributed by atoms with E-state index in [1.54, 1.807) is 7.11 Å². The quantitative estimate of drug-likeness (QED) is 0.929. The van der Waals surface area contributed by atoms with Crippen molar-refractivity contribution in [3.63, 3.8) is 0 Å². The summed E-state index contributed by atoms with van der Waals surface area (Å²) in [6, 6.07) is 6.80. The molecule has 1 saturated heterocycles. The molecule has 0 bridgehead atoms. The minimum Gasteiger partial charge on any atom is -0.497 e. The first-order chi connectivity index (χ1) is 9.13. The highest BCUT2D eigenvalue weighted by molar-refractivity contribution is 5.85. The zero-order valence-corrected chi connectivity index (χ0v) is 13.6. The van der Waals surface area contributed by atoms with Gasteiger partial charge in [-0.05, 0) is 48.6 Å². The van der Waals surface area contributed by atoms with Gasteiger partial charge in [0.05, 0.1) is 7.11 Å². The Kier molecular flexibility index (Phi) is 6.80. The van der Waals surface area contributed by atoms with Crippen molar-refractivity contribution >= 4 is 12.4 Å². The van der Waals surface area contributed by atoms with Crippen LogP contribution in [0, 0.1) is 5.92 Å². The fourth-order valence-electron chi connectivity index (χ4n) is 2.85. The smallest absolute Gasteiger partial charge is 0.119 e. The summed E-state index contributed by atoms with van der Waals surface area (Å²) in [6.07, 6.45) is 2.16. The lowest BCUT2D eigenvalue weighted by molar-refractivity contribution is 0.157. The molecule has 2 unspecified atom stereocenters. The maximum atomic E-state index is 6.08. The fraction of sp³-hybridized carbons (Fsp3) is 0.625. The van der Waals surface area contributed by atoms with Crippen LogP contribution in [-0.4, -0.2) is 31.1 Å². The highest BCUT2D eigenvalue weighted by Gasteiger charge is 2.23. The lowest BCUT2D eigenvalue weighted by Crippen LogP contribution is -2.45. The van der Waals surface area contributed by atoms with Crippen molar-refractivity contribution in [1.29, 1.82) is 0 Å². The molecule has 1 aromatic rings. The number of rotatable bonds is 4. The number of benzene rings is 1. The van der Waals surface area contributed by atoms with E-state index in [9.17, 15) is 0 Å². The van der Waals surface area contributed by atoms with Crippen molar-refractivity contribution < 1.29 is 4.74 Å². The van der Waals surface area contributed by atoms with Gasteiger partial charge in [0.25, 0.3) is 0 Å². The summed E-state index contributed by atoms with van der Waals surface area (Å²) in [6.45, 7) is 7.71. The molecule has 0 aromatic heterocycles. The van der Waals surface area contributed by atoms with Gasteiger partial charge < -0.3 is 10.5 Å². The Morgan fingerprint density at radius 2 is 2.10 bits per heavy atom. The van der Waals surface area contributed by atoms with Crippen molar-refractivity contribution in [2.24, 2.45) is 11.7 Å². The average molecular weight is 299 g/mol. The third-order valence-electron chi connectivity index (χ3n) is 4.24. The van der Waals surface area contributed by atoms with Crippen molar-refractivity contribution in [1.82, 2.24) is 4.90 Å². The first-order valence-electron chi connectivity index (χ1n) is 7.27. The highest BCUT2D eigenvalue weighted by Crippen LogP contribution is 2.22. The number of ether oxygens (including phenoxy) is 1. The van der Waals surface area contributed by atoms with Crippen molar-refractivity contribution in [2.45, 2.75) is 39.3 Å². The third-order valence-corrected chi connectivity index (χ3v) is 4.24. The van der Waals surface area contributed by atoms with Crippen LogP contribution >= 0.6 is 12.4 Å². The Morgan fingerprint density at radius 1 is 1.35 bits per heavy atom. The average Bonchev–Trinajstić information content (AvgIpc) is 2.43. The maximum Gasteiger partial charge on any atom is 0.119 e. The first-order valence-corrected chi connectivity index (χ1v) is 7.27. The van der Waals surface area contributed by atoms with E-state index < -0.39 is 0 Å². The number of nitrogens with two attached hydrogens (primary N) is 1. The second-order valence-electron chi connectivity index (χ2n) is 5.65. The zero-order chi connectivity index (χ0) is 13.8. The predicted molar refractivity (Wildman–Crippen MR) is 86.7 cm³/mol. The van der Waals surface area contributed by atoms with Gasteiger partial charge in [0.15, 0.2) is 0 Å². The Hall–Kier alpha value is -0.770. The van der Waals surface area contributed by atoms with E-state index in [0.29, 0.717) is 12.0 Å². The normalized spacial score (nSPS) is 23.2. The van der Waals surface area contributed by atoms with Crippen LogP contribution in [0.25, 0.3) is 0 Å². The summed E-state index contributed by atoms with van der Waals surface area (Å²) in [4.78, 5) is 2.52. The fourth-order valence-corrected chi connectivity index (χ4v) is 2.85. The molecule has 1 fully saturated rings. The van der Waals surface area contributed by atoms with E-state index in [-0.39, 0.29) is 12.4 Å². The number of halogens is 1. The molecule has 0 amide bonds. The van der Waals surface area contributed by atoms with Crippen molar-refractivity contribution in [3.05, 3.63) is 29.3 Å². The van der Waals surface area contributed by atoms with E-state index in [0.717, 1.165) is 38.2 Å². The van der Waals surface area contributed by atoms with Crippen molar-refractivity contribution in [2.75, 3.05) is 20.2 Å². The molecule has 2 atom stereocenters. The van der Waals surface area contributed by atoms with Crippen LogP contribution in [0.4, 0.5) is 0 Å². The van der Waals surface area contributed by atoms with Crippen LogP contribution in [0.15, 0.2) is 18.2 Å². The molecule has 4 heteroatoms. The molecular weight excluding hydrogens is 272 g/mol. The van der Waals surface area contributed by atoms with Gasteiger partial charge in [-0.25, -0.2) is 0 Å². The topological polar surface area (TPSA) is 38.5 Å². The molecule has 0 aliphatic carbocycles. The van der Waals surface area contributed by atoms with Gasteiger partial charge in [0.2, 0.25) is 0 Å². The molecule has 1 heterocycles. The molecule has 0 saturated carbocycles. The molecule has 3 nitrogen and oxygen atoms in total. The second-order valence-corrected chi connectivity index (χ2v) is 5.65. The number of nitrogens with zero attached hydrogens (tertiary/aromatic N) is 1. The summed E-state index contributed by atoms with van der Waals surface area (Å²) in [5, 5.41) is 0. The summed E-state index contributed by atoms with van der Waals surface area (Å²) in [7, 11) is 1.72. The summed E-state index contributed by atoms with van der Waals surface area (Å²) in [5.41, 5.74) is 8.90. The van der Waals surface area contributed by atoms with Gasteiger partial charge >= 0.3 is 0 Å². The number of hydrogen-bond acceptors (Lipinski definition) is 3. The minimum atomic E-state index is 0. The molecule has 114 valence electrons. The van der Waals surface area contributed by atoms with E-state index in [4.69, 9.17) is 10.5 Å². The number of methoxy groups -OCH3 is 1. The molecule has 1 aliphatic heterocycles. The molecule has 0 spiro atoms. The second kappa shape index (κ2) is 7.87. The van der Waals surface area contributed by atoms with Gasteiger partial charge in [-0.15, -0.1) is 12.4 Å². The van der Waals surface area contributed by atoms with E-state index in [2.05, 4.69) is 36.9 Å². The van der Waals surface area contributed by atoms with Crippen LogP contribution in [-0.2, 0) is 13.0 Å². The predicted octanol–water partition coefficient (Wildman–Crippen LogP) is 2.85. The number of aryl methyl sites for hydroxylation is 1. The Morgan fingerprint density at radius 3 is 2.70 bits per heavy atom. The summed E-state index contributed by atoms with van der Waals surface area (Å²) < 4.78 is 5.30. The monoisotopic (exact) mass is 298 g/mol. The molecule has 1 aliphatic rings.